The molecule has 1 fully saturated rings. The molecule has 1 aromatic carbocycles. The number of rotatable bonds is 5. The summed E-state index contributed by atoms with van der Waals surface area (Å²) in [7, 11) is 0. The monoisotopic (exact) mass is 275 g/mol. The SMILES string of the molecule is Cc1ccc(CC(=O)NCC2(C(=O)O)CCC2)cc1C. The molecule has 2 N–H and O–H groups in total. The first kappa shape index (κ1) is 14.6. The molecule has 0 bridgehead atoms. The Labute approximate surface area is 119 Å². The van der Waals surface area contributed by atoms with Crippen LogP contribution in [-0.2, 0) is 16.0 Å². The summed E-state index contributed by atoms with van der Waals surface area (Å²) in [6.07, 6.45) is 2.55. The zero-order valence-electron chi connectivity index (χ0n) is 12.0. The molecule has 108 valence electrons. The molecule has 0 saturated heterocycles. The number of hydrogen-bond donors (Lipinski definition) is 2. The quantitative estimate of drug-likeness (QED) is 0.866. The van der Waals surface area contributed by atoms with Crippen molar-refractivity contribution < 1.29 is 14.7 Å². The van der Waals surface area contributed by atoms with E-state index in [0.29, 0.717) is 19.3 Å². The van der Waals surface area contributed by atoms with E-state index < -0.39 is 11.4 Å². The fraction of sp³-hybridized carbons (Fsp3) is 0.500. The summed E-state index contributed by atoms with van der Waals surface area (Å²) in [5.41, 5.74) is 2.60. The van der Waals surface area contributed by atoms with Gasteiger partial charge in [-0.2, -0.15) is 0 Å². The van der Waals surface area contributed by atoms with E-state index in [4.69, 9.17) is 0 Å². The molecule has 0 aliphatic heterocycles. The Morgan fingerprint density at radius 1 is 1.25 bits per heavy atom. The fourth-order valence-electron chi connectivity index (χ4n) is 2.50. The van der Waals surface area contributed by atoms with Gasteiger partial charge in [-0.05, 0) is 43.4 Å². The molecule has 1 amide bonds. The van der Waals surface area contributed by atoms with Crippen LogP contribution >= 0.6 is 0 Å². The first-order chi connectivity index (χ1) is 9.43. The van der Waals surface area contributed by atoms with Crippen LogP contribution in [0.25, 0.3) is 0 Å². The molecule has 0 aromatic heterocycles. The second kappa shape index (κ2) is 5.65. The predicted molar refractivity (Wildman–Crippen MR) is 76.5 cm³/mol. The Bertz CT molecular complexity index is 533. The number of carboxylic acids is 1. The Balaban J connectivity index is 1.89. The summed E-state index contributed by atoms with van der Waals surface area (Å²) in [6, 6.07) is 5.95. The Hall–Kier alpha value is -1.84. The first-order valence-corrected chi connectivity index (χ1v) is 6.99. The molecule has 0 radical (unpaired) electrons. The standard InChI is InChI=1S/C16H21NO3/c1-11-4-5-13(8-12(11)2)9-14(18)17-10-16(15(19)20)6-3-7-16/h4-5,8H,3,6-7,9-10H2,1-2H3,(H,17,18)(H,19,20). The van der Waals surface area contributed by atoms with E-state index in [1.54, 1.807) is 0 Å². The maximum Gasteiger partial charge on any atom is 0.311 e. The van der Waals surface area contributed by atoms with Gasteiger partial charge in [0.1, 0.15) is 0 Å². The first-order valence-electron chi connectivity index (χ1n) is 6.99. The van der Waals surface area contributed by atoms with E-state index in [9.17, 15) is 14.7 Å². The minimum atomic E-state index is -0.796. The molecule has 1 aromatic rings. The average Bonchev–Trinajstić information content (AvgIpc) is 2.32. The van der Waals surface area contributed by atoms with Gasteiger partial charge < -0.3 is 10.4 Å². The summed E-state index contributed by atoms with van der Waals surface area (Å²) in [5.74, 6) is -0.906. The Kier molecular flexibility index (Phi) is 4.12. The van der Waals surface area contributed by atoms with Crippen molar-refractivity contribution in [2.24, 2.45) is 5.41 Å². The third kappa shape index (κ3) is 3.00. The van der Waals surface area contributed by atoms with Crippen LogP contribution in [0, 0.1) is 19.3 Å². The summed E-state index contributed by atoms with van der Waals surface area (Å²) >= 11 is 0. The van der Waals surface area contributed by atoms with Gasteiger partial charge in [0.15, 0.2) is 0 Å². The van der Waals surface area contributed by atoms with Gasteiger partial charge in [0.05, 0.1) is 11.8 Å². The van der Waals surface area contributed by atoms with Crippen LogP contribution in [0.4, 0.5) is 0 Å². The highest BCUT2D eigenvalue weighted by molar-refractivity contribution is 5.81. The number of carbonyl (C=O) groups is 2. The molecular weight excluding hydrogens is 254 g/mol. The molecule has 1 aliphatic carbocycles. The van der Waals surface area contributed by atoms with Crippen molar-refractivity contribution in [2.45, 2.75) is 39.5 Å². The number of aliphatic carboxylic acids is 1. The zero-order chi connectivity index (χ0) is 14.8. The number of nitrogens with one attached hydrogen (secondary N) is 1. The number of benzene rings is 1. The molecule has 0 spiro atoms. The minimum absolute atomic E-state index is 0.110. The molecule has 4 heteroatoms. The van der Waals surface area contributed by atoms with Crippen molar-refractivity contribution in [1.82, 2.24) is 5.32 Å². The second-order valence-corrected chi connectivity index (χ2v) is 5.81. The molecular formula is C16H21NO3. The van der Waals surface area contributed by atoms with Crippen LogP contribution in [0.3, 0.4) is 0 Å². The van der Waals surface area contributed by atoms with E-state index in [-0.39, 0.29) is 12.5 Å². The number of carboxylic acid groups (broad SMARTS) is 1. The van der Waals surface area contributed by atoms with Gasteiger partial charge in [-0.1, -0.05) is 24.6 Å². The number of amides is 1. The topological polar surface area (TPSA) is 66.4 Å². The highest BCUT2D eigenvalue weighted by Gasteiger charge is 2.44. The van der Waals surface area contributed by atoms with E-state index in [1.807, 2.05) is 32.0 Å². The lowest BCUT2D eigenvalue weighted by atomic mass is 9.69. The van der Waals surface area contributed by atoms with Crippen LogP contribution < -0.4 is 5.32 Å². The smallest absolute Gasteiger partial charge is 0.311 e. The molecule has 20 heavy (non-hydrogen) atoms. The third-order valence-corrected chi connectivity index (χ3v) is 4.32. The summed E-state index contributed by atoms with van der Waals surface area (Å²) in [5, 5.41) is 12.0. The lowest BCUT2D eigenvalue weighted by molar-refractivity contribution is -0.154. The van der Waals surface area contributed by atoms with Crippen LogP contribution in [0.5, 0.6) is 0 Å². The summed E-state index contributed by atoms with van der Waals surface area (Å²) in [4.78, 5) is 23.1. The van der Waals surface area contributed by atoms with Gasteiger partial charge in [-0.15, -0.1) is 0 Å². The molecule has 0 heterocycles. The van der Waals surface area contributed by atoms with Crippen LogP contribution in [-0.4, -0.2) is 23.5 Å². The Morgan fingerprint density at radius 3 is 2.45 bits per heavy atom. The molecule has 2 rings (SSSR count). The maximum absolute atomic E-state index is 11.9. The maximum atomic E-state index is 11.9. The van der Waals surface area contributed by atoms with Crippen LogP contribution in [0.2, 0.25) is 0 Å². The highest BCUT2D eigenvalue weighted by atomic mass is 16.4. The predicted octanol–water partition coefficient (Wildman–Crippen LogP) is 2.22. The van der Waals surface area contributed by atoms with Crippen molar-refractivity contribution in [2.75, 3.05) is 6.54 Å². The number of aryl methyl sites for hydroxylation is 2. The second-order valence-electron chi connectivity index (χ2n) is 5.81. The third-order valence-electron chi connectivity index (χ3n) is 4.32. The van der Waals surface area contributed by atoms with Gasteiger partial charge in [0.25, 0.3) is 0 Å². The highest BCUT2D eigenvalue weighted by Crippen LogP contribution is 2.40. The van der Waals surface area contributed by atoms with Crippen molar-refractivity contribution in [3.05, 3.63) is 34.9 Å². The van der Waals surface area contributed by atoms with Crippen molar-refractivity contribution >= 4 is 11.9 Å². The Morgan fingerprint density at radius 2 is 1.95 bits per heavy atom. The van der Waals surface area contributed by atoms with Crippen LogP contribution in [0.1, 0.15) is 36.0 Å². The molecule has 4 nitrogen and oxygen atoms in total. The zero-order valence-corrected chi connectivity index (χ0v) is 12.0. The van der Waals surface area contributed by atoms with Gasteiger partial charge >= 0.3 is 5.97 Å². The van der Waals surface area contributed by atoms with Crippen LogP contribution in [0.15, 0.2) is 18.2 Å². The lowest BCUT2D eigenvalue weighted by Crippen LogP contribution is -2.47. The van der Waals surface area contributed by atoms with Gasteiger partial charge in [-0.25, -0.2) is 0 Å². The largest absolute Gasteiger partial charge is 0.481 e. The van der Waals surface area contributed by atoms with E-state index in [2.05, 4.69) is 5.32 Å². The van der Waals surface area contributed by atoms with E-state index >= 15 is 0 Å². The van der Waals surface area contributed by atoms with Gasteiger partial charge in [0.2, 0.25) is 5.91 Å². The fourth-order valence-corrected chi connectivity index (χ4v) is 2.50. The summed E-state index contributed by atoms with van der Waals surface area (Å²) < 4.78 is 0. The number of carbonyl (C=O) groups excluding carboxylic acids is 1. The van der Waals surface area contributed by atoms with Crippen molar-refractivity contribution in [3.63, 3.8) is 0 Å². The molecule has 0 unspecified atom stereocenters. The van der Waals surface area contributed by atoms with Gasteiger partial charge in [-0.3, -0.25) is 9.59 Å². The van der Waals surface area contributed by atoms with Crippen molar-refractivity contribution in [3.8, 4) is 0 Å². The van der Waals surface area contributed by atoms with E-state index in [0.717, 1.165) is 17.5 Å². The number of hydrogen-bond acceptors (Lipinski definition) is 2. The van der Waals surface area contributed by atoms with Gasteiger partial charge in [0, 0.05) is 6.54 Å². The minimum Gasteiger partial charge on any atom is -0.481 e. The lowest BCUT2D eigenvalue weighted by Gasteiger charge is -2.37. The molecule has 1 aliphatic rings. The molecule has 1 saturated carbocycles. The normalized spacial score (nSPS) is 16.3. The van der Waals surface area contributed by atoms with E-state index in [1.165, 1.54) is 5.56 Å². The van der Waals surface area contributed by atoms with Crippen molar-refractivity contribution in [1.29, 1.82) is 0 Å². The molecule has 0 atom stereocenters. The average molecular weight is 275 g/mol. The summed E-state index contributed by atoms with van der Waals surface area (Å²) in [6.45, 7) is 4.29.